The Morgan fingerprint density at radius 1 is 0.912 bits per heavy atom. The molecule has 3 N–H and O–H groups in total. The number of carbonyl (C=O) groups is 2. The Kier molecular flexibility index (Phi) is 7.09. The topological polar surface area (TPSA) is 97.3 Å². The molecule has 3 amide bonds. The molecule has 3 aromatic carbocycles. The molecule has 0 aliphatic carbocycles. The molecule has 1 saturated heterocycles. The number of rotatable bonds is 6. The van der Waals surface area contributed by atoms with Crippen molar-refractivity contribution in [2.24, 2.45) is 0 Å². The maximum atomic E-state index is 13.3. The average molecular weight is 454 g/mol. The second kappa shape index (κ2) is 10.5. The molecule has 34 heavy (non-hydrogen) atoms. The van der Waals surface area contributed by atoms with Crippen molar-refractivity contribution >= 4 is 29.0 Å². The van der Waals surface area contributed by atoms with Crippen LogP contribution in [0, 0.1) is 11.3 Å². The highest BCUT2D eigenvalue weighted by molar-refractivity contribution is 6.04. The molecule has 0 radical (unpaired) electrons. The molecule has 0 bridgehead atoms. The Morgan fingerprint density at radius 3 is 2.32 bits per heavy atom. The number of carbonyl (C=O) groups excluding carboxylic acids is 2. The fourth-order valence-electron chi connectivity index (χ4n) is 4.09. The SMILES string of the molecule is CC(NC(=O)c1cc(NC(=O)Nc2cccc(C#N)c2)ccc1N1CCCC1)c1ccccc1. The first-order chi connectivity index (χ1) is 16.5. The lowest BCUT2D eigenvalue weighted by atomic mass is 10.1. The summed E-state index contributed by atoms with van der Waals surface area (Å²) >= 11 is 0. The third-order valence-electron chi connectivity index (χ3n) is 5.84. The van der Waals surface area contributed by atoms with Crippen LogP contribution in [-0.2, 0) is 0 Å². The molecule has 1 aliphatic rings. The van der Waals surface area contributed by atoms with Gasteiger partial charge in [-0.3, -0.25) is 4.79 Å². The summed E-state index contributed by atoms with van der Waals surface area (Å²) in [7, 11) is 0. The Hall–Kier alpha value is -4.31. The number of amides is 3. The lowest BCUT2D eigenvalue weighted by Gasteiger charge is -2.23. The normalized spacial score (nSPS) is 13.6. The number of hydrogen-bond donors (Lipinski definition) is 3. The average Bonchev–Trinajstić information content (AvgIpc) is 3.39. The van der Waals surface area contributed by atoms with Crippen molar-refractivity contribution in [3.05, 3.63) is 89.5 Å². The zero-order valence-electron chi connectivity index (χ0n) is 19.0. The van der Waals surface area contributed by atoms with Crippen molar-refractivity contribution in [2.45, 2.75) is 25.8 Å². The lowest BCUT2D eigenvalue weighted by molar-refractivity contribution is 0.0940. The van der Waals surface area contributed by atoms with Gasteiger partial charge in [0.1, 0.15) is 0 Å². The number of nitriles is 1. The van der Waals surface area contributed by atoms with Crippen molar-refractivity contribution in [2.75, 3.05) is 28.6 Å². The largest absolute Gasteiger partial charge is 0.371 e. The summed E-state index contributed by atoms with van der Waals surface area (Å²) in [6.07, 6.45) is 2.18. The van der Waals surface area contributed by atoms with Gasteiger partial charge in [0.25, 0.3) is 5.91 Å². The molecule has 7 heteroatoms. The van der Waals surface area contributed by atoms with Gasteiger partial charge in [0.05, 0.1) is 23.2 Å². The van der Waals surface area contributed by atoms with Crippen LogP contribution in [0.4, 0.5) is 21.9 Å². The molecular formula is C27H27N5O2. The molecule has 4 rings (SSSR count). The fourth-order valence-corrected chi connectivity index (χ4v) is 4.09. The number of benzene rings is 3. The number of nitrogens with zero attached hydrogens (tertiary/aromatic N) is 2. The number of urea groups is 1. The summed E-state index contributed by atoms with van der Waals surface area (Å²) in [5.74, 6) is -0.191. The number of nitrogens with one attached hydrogen (secondary N) is 3. The molecule has 1 fully saturated rings. The molecule has 0 aromatic heterocycles. The van der Waals surface area contributed by atoms with Gasteiger partial charge in [-0.15, -0.1) is 0 Å². The molecule has 1 aliphatic heterocycles. The van der Waals surface area contributed by atoms with Crippen molar-refractivity contribution < 1.29 is 9.59 Å². The van der Waals surface area contributed by atoms with Crippen LogP contribution in [0.3, 0.4) is 0 Å². The fraction of sp³-hybridized carbons (Fsp3) is 0.222. The summed E-state index contributed by atoms with van der Waals surface area (Å²) < 4.78 is 0. The minimum Gasteiger partial charge on any atom is -0.371 e. The second-order valence-electron chi connectivity index (χ2n) is 8.30. The Balaban J connectivity index is 1.53. The van der Waals surface area contributed by atoms with E-state index in [1.54, 1.807) is 36.4 Å². The molecular weight excluding hydrogens is 426 g/mol. The second-order valence-corrected chi connectivity index (χ2v) is 8.30. The Bertz CT molecular complexity index is 1210. The molecule has 1 heterocycles. The standard InChI is InChI=1S/C27H27N5O2/c1-19(21-9-3-2-4-10-21)29-26(33)24-17-23(12-13-25(24)32-14-5-6-15-32)31-27(34)30-22-11-7-8-20(16-22)18-28/h2-4,7-13,16-17,19H,5-6,14-15H2,1H3,(H,29,33)(H2,30,31,34). The highest BCUT2D eigenvalue weighted by Gasteiger charge is 2.22. The monoisotopic (exact) mass is 453 g/mol. The highest BCUT2D eigenvalue weighted by Crippen LogP contribution is 2.28. The van der Waals surface area contributed by atoms with Crippen LogP contribution in [0.2, 0.25) is 0 Å². The van der Waals surface area contributed by atoms with Gasteiger partial charge >= 0.3 is 6.03 Å². The van der Waals surface area contributed by atoms with Crippen molar-refractivity contribution in [1.29, 1.82) is 5.26 Å². The van der Waals surface area contributed by atoms with E-state index >= 15 is 0 Å². The van der Waals surface area contributed by atoms with Crippen molar-refractivity contribution in [3.63, 3.8) is 0 Å². The highest BCUT2D eigenvalue weighted by atomic mass is 16.2. The maximum absolute atomic E-state index is 13.3. The first-order valence-electron chi connectivity index (χ1n) is 11.4. The van der Waals surface area contributed by atoms with Gasteiger partial charge in [-0.1, -0.05) is 36.4 Å². The predicted molar refractivity (Wildman–Crippen MR) is 134 cm³/mol. The van der Waals surface area contributed by atoms with E-state index in [0.717, 1.165) is 37.2 Å². The molecule has 172 valence electrons. The van der Waals surface area contributed by atoms with Crippen LogP contribution in [0.5, 0.6) is 0 Å². The van der Waals surface area contributed by atoms with E-state index in [9.17, 15) is 9.59 Å². The molecule has 0 spiro atoms. The van der Waals surface area contributed by atoms with Crippen LogP contribution in [0.1, 0.15) is 47.3 Å². The van der Waals surface area contributed by atoms with Crippen LogP contribution < -0.4 is 20.9 Å². The molecule has 3 aromatic rings. The van der Waals surface area contributed by atoms with Gasteiger partial charge in [0.2, 0.25) is 0 Å². The molecule has 1 atom stereocenters. The quantitative estimate of drug-likeness (QED) is 0.472. The molecule has 1 unspecified atom stereocenters. The van der Waals surface area contributed by atoms with Gasteiger partial charge in [-0.2, -0.15) is 5.26 Å². The summed E-state index contributed by atoms with van der Waals surface area (Å²) in [4.78, 5) is 28.1. The molecule has 7 nitrogen and oxygen atoms in total. The van der Waals surface area contributed by atoms with Gasteiger partial charge < -0.3 is 20.9 Å². The van der Waals surface area contributed by atoms with E-state index < -0.39 is 6.03 Å². The van der Waals surface area contributed by atoms with Crippen molar-refractivity contribution in [1.82, 2.24) is 5.32 Å². The van der Waals surface area contributed by atoms with Crippen molar-refractivity contribution in [3.8, 4) is 6.07 Å². The van der Waals surface area contributed by atoms with Crippen LogP contribution in [0.15, 0.2) is 72.8 Å². The lowest BCUT2D eigenvalue weighted by Crippen LogP contribution is -2.30. The van der Waals surface area contributed by atoms with Gasteiger partial charge in [-0.05, 0) is 61.7 Å². The summed E-state index contributed by atoms with van der Waals surface area (Å²) in [5.41, 5.74) is 3.89. The van der Waals surface area contributed by atoms with Gasteiger partial charge in [-0.25, -0.2) is 4.79 Å². The smallest absolute Gasteiger partial charge is 0.323 e. The Labute approximate surface area is 199 Å². The van der Waals surface area contributed by atoms with E-state index in [4.69, 9.17) is 5.26 Å². The van der Waals surface area contributed by atoms with Crippen LogP contribution >= 0.6 is 0 Å². The third-order valence-corrected chi connectivity index (χ3v) is 5.84. The first-order valence-corrected chi connectivity index (χ1v) is 11.4. The molecule has 0 saturated carbocycles. The van der Waals surface area contributed by atoms with E-state index in [0.29, 0.717) is 22.5 Å². The van der Waals surface area contributed by atoms with E-state index in [-0.39, 0.29) is 11.9 Å². The van der Waals surface area contributed by atoms with E-state index in [1.165, 1.54) is 0 Å². The number of hydrogen-bond acceptors (Lipinski definition) is 4. The van der Waals surface area contributed by atoms with Crippen LogP contribution in [-0.4, -0.2) is 25.0 Å². The zero-order valence-corrected chi connectivity index (χ0v) is 19.0. The van der Waals surface area contributed by atoms with Crippen LogP contribution in [0.25, 0.3) is 0 Å². The van der Waals surface area contributed by atoms with E-state index in [1.807, 2.05) is 49.4 Å². The maximum Gasteiger partial charge on any atom is 0.323 e. The van der Waals surface area contributed by atoms with E-state index in [2.05, 4.69) is 20.9 Å². The zero-order chi connectivity index (χ0) is 23.9. The Morgan fingerprint density at radius 2 is 1.62 bits per heavy atom. The van der Waals surface area contributed by atoms with Gasteiger partial charge in [0, 0.05) is 30.2 Å². The minimum absolute atomic E-state index is 0.160. The summed E-state index contributed by atoms with van der Waals surface area (Å²) in [5, 5.41) is 17.6. The number of anilines is 3. The predicted octanol–water partition coefficient (Wildman–Crippen LogP) is 5.29. The third kappa shape index (κ3) is 5.54. The summed E-state index contributed by atoms with van der Waals surface area (Å²) in [6, 6.07) is 23.3. The first kappa shape index (κ1) is 22.9. The van der Waals surface area contributed by atoms with Gasteiger partial charge in [0.15, 0.2) is 0 Å². The minimum atomic E-state index is -0.451. The summed E-state index contributed by atoms with van der Waals surface area (Å²) in [6.45, 7) is 3.75.